The van der Waals surface area contributed by atoms with E-state index in [1.807, 2.05) is 6.07 Å². The van der Waals surface area contributed by atoms with Crippen LogP contribution in [-0.4, -0.2) is 36.4 Å². The molecular formula is C17H31IN4O2. The van der Waals surface area contributed by atoms with E-state index in [0.29, 0.717) is 18.7 Å². The number of rotatable bonds is 8. The fraction of sp³-hybridized carbons (Fsp3) is 0.765. The molecule has 2 unspecified atom stereocenters. The molecule has 138 valence electrons. The van der Waals surface area contributed by atoms with Crippen molar-refractivity contribution in [1.29, 1.82) is 0 Å². The van der Waals surface area contributed by atoms with Gasteiger partial charge in [0.15, 0.2) is 5.96 Å². The lowest BCUT2D eigenvalue weighted by atomic mass is 9.64. The molecule has 1 aliphatic rings. The monoisotopic (exact) mass is 450 g/mol. The van der Waals surface area contributed by atoms with Gasteiger partial charge in [-0.05, 0) is 19.8 Å². The van der Waals surface area contributed by atoms with E-state index in [2.05, 4.69) is 48.5 Å². The molecule has 1 fully saturated rings. The van der Waals surface area contributed by atoms with Gasteiger partial charge in [0.05, 0.1) is 12.6 Å². The van der Waals surface area contributed by atoms with Crippen molar-refractivity contribution in [2.24, 2.45) is 10.4 Å². The van der Waals surface area contributed by atoms with Crippen LogP contribution in [0, 0.1) is 5.41 Å². The number of hydrogen-bond donors (Lipinski definition) is 2. The number of unbranched alkanes of at least 4 members (excludes halogenated alkanes) is 1. The standard InChI is InChI=1S/C17H30N4O2.HI/c1-5-7-9-22-15-11-14(17(15,3)4)20-16(18-6-2)19-12-13-8-10-23-21-13;/h8,10,14-15H,5-7,9,11-12H2,1-4H3,(H2,18,19,20);1H. The maximum Gasteiger partial charge on any atom is 0.191 e. The summed E-state index contributed by atoms with van der Waals surface area (Å²) in [6.45, 7) is 11.0. The van der Waals surface area contributed by atoms with Crippen LogP contribution in [0.2, 0.25) is 0 Å². The molecule has 2 atom stereocenters. The Hall–Kier alpha value is -0.830. The maximum atomic E-state index is 6.00. The van der Waals surface area contributed by atoms with Gasteiger partial charge >= 0.3 is 0 Å². The molecule has 0 aliphatic heterocycles. The molecule has 0 amide bonds. The Kier molecular flexibility index (Phi) is 9.04. The first kappa shape index (κ1) is 21.2. The fourth-order valence-electron chi connectivity index (χ4n) is 2.75. The Bertz CT molecular complexity index is 491. The maximum absolute atomic E-state index is 6.00. The summed E-state index contributed by atoms with van der Waals surface area (Å²) in [6.07, 6.45) is 5.22. The highest BCUT2D eigenvalue weighted by molar-refractivity contribution is 14.0. The third-order valence-electron chi connectivity index (χ3n) is 4.54. The van der Waals surface area contributed by atoms with Gasteiger partial charge in [-0.25, -0.2) is 4.99 Å². The summed E-state index contributed by atoms with van der Waals surface area (Å²) in [4.78, 5) is 4.57. The fourth-order valence-corrected chi connectivity index (χ4v) is 2.75. The molecule has 1 aromatic rings. The van der Waals surface area contributed by atoms with Gasteiger partial charge in [0.1, 0.15) is 12.0 Å². The van der Waals surface area contributed by atoms with Crippen molar-refractivity contribution in [2.75, 3.05) is 13.2 Å². The van der Waals surface area contributed by atoms with Gasteiger partial charge in [-0.2, -0.15) is 0 Å². The van der Waals surface area contributed by atoms with E-state index in [1.54, 1.807) is 6.26 Å². The summed E-state index contributed by atoms with van der Waals surface area (Å²) in [5, 5.41) is 10.7. The largest absolute Gasteiger partial charge is 0.378 e. The normalized spacial score (nSPS) is 22.4. The van der Waals surface area contributed by atoms with Gasteiger partial charge in [0.2, 0.25) is 0 Å². The zero-order chi connectivity index (χ0) is 16.7. The molecule has 0 spiro atoms. The molecule has 2 rings (SSSR count). The molecule has 6 nitrogen and oxygen atoms in total. The highest BCUT2D eigenvalue weighted by Gasteiger charge is 2.49. The number of hydrogen-bond acceptors (Lipinski definition) is 4. The minimum absolute atomic E-state index is 0. The van der Waals surface area contributed by atoms with Crippen LogP contribution in [0.25, 0.3) is 0 Å². The molecule has 1 aliphatic carbocycles. The molecule has 0 aromatic carbocycles. The number of nitrogens with zero attached hydrogens (tertiary/aromatic N) is 2. The van der Waals surface area contributed by atoms with Gasteiger partial charge in [-0.15, -0.1) is 24.0 Å². The average molecular weight is 450 g/mol. The molecule has 0 bridgehead atoms. The number of ether oxygens (including phenoxy) is 1. The number of guanidine groups is 1. The first-order valence-corrected chi connectivity index (χ1v) is 8.63. The van der Waals surface area contributed by atoms with Crippen molar-refractivity contribution in [3.05, 3.63) is 18.0 Å². The van der Waals surface area contributed by atoms with Crippen LogP contribution in [0.3, 0.4) is 0 Å². The third kappa shape index (κ3) is 5.61. The molecule has 1 aromatic heterocycles. The van der Waals surface area contributed by atoms with Gasteiger partial charge in [0, 0.05) is 30.7 Å². The number of aromatic nitrogens is 1. The van der Waals surface area contributed by atoms with Gasteiger partial charge in [0.25, 0.3) is 0 Å². The molecule has 7 heteroatoms. The smallest absolute Gasteiger partial charge is 0.191 e. The zero-order valence-corrected chi connectivity index (χ0v) is 17.5. The third-order valence-corrected chi connectivity index (χ3v) is 4.54. The van der Waals surface area contributed by atoms with Crippen LogP contribution in [0.1, 0.15) is 52.7 Å². The number of aliphatic imine (C=N–C) groups is 1. The Morgan fingerprint density at radius 2 is 2.25 bits per heavy atom. The SMILES string of the molecule is CCCCOC1CC(NC(=NCc2ccon2)NCC)C1(C)C.I. The lowest BCUT2D eigenvalue weighted by Gasteiger charge is -2.52. The molecule has 1 heterocycles. The lowest BCUT2D eigenvalue weighted by molar-refractivity contribution is -0.113. The highest BCUT2D eigenvalue weighted by atomic mass is 127. The van der Waals surface area contributed by atoms with Crippen molar-refractivity contribution in [2.45, 2.75) is 65.6 Å². The van der Waals surface area contributed by atoms with E-state index in [-0.39, 0.29) is 29.4 Å². The summed E-state index contributed by atoms with van der Waals surface area (Å²) >= 11 is 0. The van der Waals surface area contributed by atoms with Crippen molar-refractivity contribution >= 4 is 29.9 Å². The molecule has 24 heavy (non-hydrogen) atoms. The second-order valence-electron chi connectivity index (χ2n) is 6.65. The topological polar surface area (TPSA) is 71.7 Å². The van der Waals surface area contributed by atoms with Crippen LogP contribution in [0.5, 0.6) is 0 Å². The summed E-state index contributed by atoms with van der Waals surface area (Å²) in [5.41, 5.74) is 0.938. The Morgan fingerprint density at radius 3 is 2.83 bits per heavy atom. The molecular weight excluding hydrogens is 419 g/mol. The highest BCUT2D eigenvalue weighted by Crippen LogP contribution is 2.42. The van der Waals surface area contributed by atoms with Crippen molar-refractivity contribution in [1.82, 2.24) is 15.8 Å². The Morgan fingerprint density at radius 1 is 1.46 bits per heavy atom. The van der Waals surface area contributed by atoms with Crippen LogP contribution < -0.4 is 10.6 Å². The predicted octanol–water partition coefficient (Wildman–Crippen LogP) is 3.33. The number of nitrogens with one attached hydrogen (secondary N) is 2. The molecule has 1 saturated carbocycles. The summed E-state index contributed by atoms with van der Waals surface area (Å²) in [6, 6.07) is 2.20. The first-order valence-electron chi connectivity index (χ1n) is 8.63. The molecule has 0 radical (unpaired) electrons. The quantitative estimate of drug-likeness (QED) is 0.275. The van der Waals surface area contributed by atoms with Gasteiger partial charge < -0.3 is 19.9 Å². The van der Waals surface area contributed by atoms with E-state index in [9.17, 15) is 0 Å². The van der Waals surface area contributed by atoms with Gasteiger partial charge in [-0.1, -0.05) is 32.3 Å². The van der Waals surface area contributed by atoms with E-state index in [4.69, 9.17) is 9.26 Å². The van der Waals surface area contributed by atoms with Gasteiger partial charge in [-0.3, -0.25) is 0 Å². The zero-order valence-electron chi connectivity index (χ0n) is 15.2. The Labute approximate surface area is 162 Å². The lowest BCUT2D eigenvalue weighted by Crippen LogP contribution is -2.63. The van der Waals surface area contributed by atoms with Crippen LogP contribution in [-0.2, 0) is 11.3 Å². The van der Waals surface area contributed by atoms with Crippen LogP contribution >= 0.6 is 24.0 Å². The second kappa shape index (κ2) is 10.2. The van der Waals surface area contributed by atoms with Crippen LogP contribution in [0.15, 0.2) is 21.8 Å². The van der Waals surface area contributed by atoms with E-state index >= 15 is 0 Å². The Balaban J connectivity index is 0.00000288. The van der Waals surface area contributed by atoms with E-state index in [0.717, 1.165) is 37.6 Å². The van der Waals surface area contributed by atoms with E-state index in [1.165, 1.54) is 6.42 Å². The minimum Gasteiger partial charge on any atom is -0.378 e. The van der Waals surface area contributed by atoms with E-state index < -0.39 is 0 Å². The van der Waals surface area contributed by atoms with Crippen molar-refractivity contribution < 1.29 is 9.26 Å². The molecule has 2 N–H and O–H groups in total. The average Bonchev–Trinajstić information content (AvgIpc) is 3.04. The van der Waals surface area contributed by atoms with Crippen molar-refractivity contribution in [3.63, 3.8) is 0 Å². The number of halogens is 1. The van der Waals surface area contributed by atoms with Crippen LogP contribution in [0.4, 0.5) is 0 Å². The molecule has 0 saturated heterocycles. The second-order valence-corrected chi connectivity index (χ2v) is 6.65. The summed E-state index contributed by atoms with van der Waals surface area (Å²) in [5.74, 6) is 0.820. The summed E-state index contributed by atoms with van der Waals surface area (Å²) in [7, 11) is 0. The van der Waals surface area contributed by atoms with Crippen molar-refractivity contribution in [3.8, 4) is 0 Å². The predicted molar refractivity (Wildman–Crippen MR) is 107 cm³/mol. The minimum atomic E-state index is 0. The summed E-state index contributed by atoms with van der Waals surface area (Å²) < 4.78 is 10.8. The first-order chi connectivity index (χ1) is 11.1.